The van der Waals surface area contributed by atoms with Gasteiger partial charge < -0.3 is 14.5 Å². The maximum atomic E-state index is 9.39. The lowest BCUT2D eigenvalue weighted by molar-refractivity contribution is 0.483. The first-order valence-electron chi connectivity index (χ1n) is 25.0. The summed E-state index contributed by atoms with van der Waals surface area (Å²) in [6.45, 7) is 15.9. The van der Waals surface area contributed by atoms with Crippen molar-refractivity contribution in [3.8, 4) is 50.7 Å². The van der Waals surface area contributed by atoms with Gasteiger partial charge in [-0.05, 0) is 99.6 Å². The highest BCUT2D eigenvalue weighted by molar-refractivity contribution is 6.09. The molecule has 1 aliphatic rings. The van der Waals surface area contributed by atoms with E-state index in [1.807, 2.05) is 42.6 Å². The molecule has 5 nitrogen and oxygen atoms in total. The first kappa shape index (κ1) is 39.3. The van der Waals surface area contributed by atoms with Gasteiger partial charge in [-0.25, -0.2) is 4.98 Å². The van der Waals surface area contributed by atoms with Gasteiger partial charge in [-0.1, -0.05) is 175 Å². The summed E-state index contributed by atoms with van der Waals surface area (Å²) >= 11 is 0. The van der Waals surface area contributed by atoms with Crippen molar-refractivity contribution >= 4 is 44.6 Å². The number of ether oxygens (including phenoxy) is 1. The second-order valence-corrected chi connectivity index (χ2v) is 20.0. The number of fused-ring (bicyclic) bond motifs is 4. The van der Waals surface area contributed by atoms with Gasteiger partial charge in [0.15, 0.2) is 0 Å². The van der Waals surface area contributed by atoms with Crippen molar-refractivity contribution in [1.82, 2.24) is 9.55 Å². The van der Waals surface area contributed by atoms with E-state index >= 15 is 0 Å². The van der Waals surface area contributed by atoms with E-state index in [1.165, 1.54) is 11.1 Å². The highest BCUT2D eigenvalue weighted by Crippen LogP contribution is 2.50. The molecular weight excluding hydrogens is 829 g/mol. The van der Waals surface area contributed by atoms with Crippen LogP contribution in [0.3, 0.4) is 0 Å². The van der Waals surface area contributed by atoms with Crippen LogP contribution in [0.5, 0.6) is 11.5 Å². The fraction of sp³-hybridized carbons (Fsp3) is 0.159. The summed E-state index contributed by atoms with van der Waals surface area (Å²) in [5.74, 6) is 1.49. The number of anilines is 4. The number of aryl methyl sites for hydroxylation is 1. The number of hydrogen-bond acceptors (Lipinski definition) is 4. The molecule has 0 spiro atoms. The minimum atomic E-state index is -0.208. The highest BCUT2D eigenvalue weighted by Gasteiger charge is 2.31. The molecule has 0 fully saturated rings. The lowest BCUT2D eigenvalue weighted by Crippen LogP contribution is -2.25. The first-order chi connectivity index (χ1) is 34.1. The molecule has 0 N–H and O–H groups in total. The second-order valence-electron chi connectivity index (χ2n) is 20.0. The summed E-state index contributed by atoms with van der Waals surface area (Å²) < 4.78 is 36.6. The van der Waals surface area contributed by atoms with E-state index in [1.54, 1.807) is 6.07 Å². The van der Waals surface area contributed by atoms with Crippen molar-refractivity contribution in [2.45, 2.75) is 59.3 Å². The van der Waals surface area contributed by atoms with Crippen LogP contribution in [0.1, 0.15) is 62.3 Å². The molecule has 0 amide bonds. The molecule has 0 unspecified atom stereocenters. The number of hydrogen-bond donors (Lipinski definition) is 0. The van der Waals surface area contributed by atoms with Gasteiger partial charge in [0, 0.05) is 51.5 Å². The van der Waals surface area contributed by atoms with Gasteiger partial charge in [0.1, 0.15) is 24.0 Å². The third kappa shape index (κ3) is 7.78. The van der Waals surface area contributed by atoms with Gasteiger partial charge in [-0.15, -0.1) is 0 Å². The standard InChI is InChI=1S/C63H56N4O/c1-42-37-60(64-40-55(42)45-29-33-47(34-30-45)63(5,6)7)67-56-24-12-11-21-53(56)54-36-35-50(39-59(54)67)68-49-20-15-19-48(38-49)65-41-66(58-26-14-13-25-57(58)65)61-51(43-17-9-8-10-18-43)22-16-23-52(61)44-27-31-46(32-28-44)62(2,3)4/h8-40H,41H2,1-7H3/i15D,19D,20D. The summed E-state index contributed by atoms with van der Waals surface area (Å²) in [6, 6.07) is 60.7. The van der Waals surface area contributed by atoms with Crippen molar-refractivity contribution in [3.05, 3.63) is 217 Å². The van der Waals surface area contributed by atoms with Gasteiger partial charge in [0.05, 0.1) is 32.2 Å². The lowest BCUT2D eigenvalue weighted by Gasteiger charge is -2.27. The molecule has 0 saturated heterocycles. The summed E-state index contributed by atoms with van der Waals surface area (Å²) in [7, 11) is 0. The Balaban J connectivity index is 0.982. The van der Waals surface area contributed by atoms with Gasteiger partial charge in [0.25, 0.3) is 0 Å². The Morgan fingerprint density at radius 2 is 1.10 bits per heavy atom. The smallest absolute Gasteiger partial charge is 0.137 e. The molecule has 5 heteroatoms. The summed E-state index contributed by atoms with van der Waals surface area (Å²) in [6.07, 6.45) is 1.97. The average molecular weight is 888 g/mol. The lowest BCUT2D eigenvalue weighted by atomic mass is 9.86. The summed E-state index contributed by atoms with van der Waals surface area (Å²) in [5.41, 5.74) is 15.6. The topological polar surface area (TPSA) is 33.5 Å². The van der Waals surface area contributed by atoms with Crippen LogP contribution >= 0.6 is 0 Å². The molecule has 334 valence electrons. The van der Waals surface area contributed by atoms with Crippen LogP contribution in [0.2, 0.25) is 0 Å². The molecule has 3 heterocycles. The fourth-order valence-electron chi connectivity index (χ4n) is 9.74. The van der Waals surface area contributed by atoms with Gasteiger partial charge >= 0.3 is 0 Å². The zero-order chi connectivity index (χ0) is 49.3. The number of pyridine rings is 1. The Morgan fingerprint density at radius 3 is 1.76 bits per heavy atom. The van der Waals surface area contributed by atoms with E-state index in [0.717, 1.165) is 83.6 Å². The second kappa shape index (κ2) is 16.8. The number of rotatable bonds is 8. The van der Waals surface area contributed by atoms with Crippen molar-refractivity contribution in [3.63, 3.8) is 0 Å². The third-order valence-electron chi connectivity index (χ3n) is 13.4. The van der Waals surface area contributed by atoms with Crippen LogP contribution in [0, 0.1) is 6.92 Å². The number of benzene rings is 8. The van der Waals surface area contributed by atoms with E-state index in [-0.39, 0.29) is 34.7 Å². The summed E-state index contributed by atoms with van der Waals surface area (Å²) in [5, 5.41) is 2.12. The molecule has 11 rings (SSSR count). The van der Waals surface area contributed by atoms with Crippen LogP contribution in [0.15, 0.2) is 200 Å². The zero-order valence-electron chi connectivity index (χ0n) is 42.7. The molecule has 2 aromatic heterocycles. The molecule has 0 aliphatic carbocycles. The maximum absolute atomic E-state index is 9.39. The largest absolute Gasteiger partial charge is 0.457 e. The fourth-order valence-corrected chi connectivity index (χ4v) is 9.74. The molecule has 68 heavy (non-hydrogen) atoms. The molecule has 0 bridgehead atoms. The molecule has 8 aromatic carbocycles. The zero-order valence-corrected chi connectivity index (χ0v) is 39.7. The molecule has 0 radical (unpaired) electrons. The minimum absolute atomic E-state index is 0.0143. The molecule has 0 saturated carbocycles. The van der Waals surface area contributed by atoms with Gasteiger partial charge in [0.2, 0.25) is 0 Å². The number of nitrogens with zero attached hydrogens (tertiary/aromatic N) is 4. The Labute approximate surface area is 404 Å². The Hall–Kier alpha value is -7.89. The molecule has 1 aliphatic heterocycles. The highest BCUT2D eigenvalue weighted by atomic mass is 16.5. The van der Waals surface area contributed by atoms with Crippen molar-refractivity contribution in [2.24, 2.45) is 0 Å². The molecule has 10 aromatic rings. The Bertz CT molecular complexity index is 3660. The van der Waals surface area contributed by atoms with Gasteiger partial charge in [-0.3, -0.25) is 4.57 Å². The van der Waals surface area contributed by atoms with Crippen LogP contribution in [-0.2, 0) is 10.8 Å². The molecule has 0 atom stereocenters. The Kier molecular flexibility index (Phi) is 9.69. The van der Waals surface area contributed by atoms with Crippen LogP contribution in [0.25, 0.3) is 61.0 Å². The monoisotopic (exact) mass is 887 g/mol. The maximum Gasteiger partial charge on any atom is 0.137 e. The third-order valence-corrected chi connectivity index (χ3v) is 13.4. The van der Waals surface area contributed by atoms with Crippen molar-refractivity contribution in [2.75, 3.05) is 16.5 Å². The van der Waals surface area contributed by atoms with Crippen molar-refractivity contribution < 1.29 is 8.85 Å². The van der Waals surface area contributed by atoms with Crippen molar-refractivity contribution in [1.29, 1.82) is 0 Å². The first-order valence-corrected chi connectivity index (χ1v) is 23.5. The van der Waals surface area contributed by atoms with Gasteiger partial charge in [-0.2, -0.15) is 0 Å². The summed E-state index contributed by atoms with van der Waals surface area (Å²) in [4.78, 5) is 9.47. The SMILES string of the molecule is [2H]c1c(Oc2ccc3c4ccccc4n(-c4cc(C)c(-c5ccc(C(C)(C)C)cc5)cn4)c3c2)cc(N2CN(c3c(-c4ccccc4)cccc3-c3ccc(C(C)(C)C)cc3)c3ccccc32)c([2H])c1[2H]. The quantitative estimate of drug-likeness (QED) is 0.152. The predicted molar refractivity (Wildman–Crippen MR) is 286 cm³/mol. The van der Waals surface area contributed by atoms with E-state index in [4.69, 9.17) is 9.72 Å². The molecular formula is C63H56N4O. The van der Waals surface area contributed by atoms with Crippen LogP contribution in [-0.4, -0.2) is 16.2 Å². The average Bonchev–Trinajstić information content (AvgIpc) is 3.92. The van der Waals surface area contributed by atoms with E-state index in [2.05, 4.69) is 196 Å². The van der Waals surface area contributed by atoms with Crippen LogP contribution < -0.4 is 14.5 Å². The minimum Gasteiger partial charge on any atom is -0.457 e. The normalized spacial score (nSPS) is 13.4. The number of para-hydroxylation sites is 4. The van der Waals surface area contributed by atoms with Crippen LogP contribution in [0.4, 0.5) is 22.7 Å². The van der Waals surface area contributed by atoms with E-state index < -0.39 is 0 Å². The number of aromatic nitrogens is 2. The predicted octanol–water partition coefficient (Wildman–Crippen LogP) is 17.1. The van der Waals surface area contributed by atoms with E-state index in [9.17, 15) is 4.11 Å². The van der Waals surface area contributed by atoms with E-state index in [0.29, 0.717) is 18.1 Å². The Morgan fingerprint density at radius 1 is 0.515 bits per heavy atom.